The SMILES string of the molecule is C=CC.N#Cc1ccccc1.O=C(O)O. The van der Waals surface area contributed by atoms with E-state index in [-0.39, 0.29) is 0 Å². The monoisotopic (exact) mass is 207 g/mol. The summed E-state index contributed by atoms with van der Waals surface area (Å²) in [5.41, 5.74) is 0.715. The van der Waals surface area contributed by atoms with E-state index in [0.717, 1.165) is 0 Å². The van der Waals surface area contributed by atoms with Crippen LogP contribution >= 0.6 is 0 Å². The predicted molar refractivity (Wildman–Crippen MR) is 57.7 cm³/mol. The first-order valence-electron chi connectivity index (χ1n) is 4.02. The highest BCUT2D eigenvalue weighted by Crippen LogP contribution is 1.93. The van der Waals surface area contributed by atoms with E-state index in [1.54, 1.807) is 18.2 Å². The van der Waals surface area contributed by atoms with E-state index in [1.165, 1.54) is 0 Å². The molecule has 0 saturated heterocycles. The van der Waals surface area contributed by atoms with Crippen LogP contribution in [-0.4, -0.2) is 16.4 Å². The summed E-state index contributed by atoms with van der Waals surface area (Å²) in [7, 11) is 0. The first-order valence-corrected chi connectivity index (χ1v) is 4.02. The number of allylic oxidation sites excluding steroid dienone is 1. The molecule has 0 spiro atoms. The molecule has 1 aromatic rings. The van der Waals surface area contributed by atoms with Crippen molar-refractivity contribution in [2.75, 3.05) is 0 Å². The standard InChI is InChI=1S/C7H5N.C3H6.CH2O3/c8-6-7-4-2-1-3-5-7;1-3-2;2-1(3)4/h1-5H;3H,1H2,2H3;(H2,2,3,4). The van der Waals surface area contributed by atoms with Gasteiger partial charge in [0.15, 0.2) is 0 Å². The van der Waals surface area contributed by atoms with Gasteiger partial charge in [-0.25, -0.2) is 4.79 Å². The quantitative estimate of drug-likeness (QED) is 0.641. The summed E-state index contributed by atoms with van der Waals surface area (Å²) < 4.78 is 0. The Morgan fingerprint density at radius 1 is 1.40 bits per heavy atom. The lowest BCUT2D eigenvalue weighted by Crippen LogP contribution is -1.81. The summed E-state index contributed by atoms with van der Waals surface area (Å²) in [5, 5.41) is 22.2. The molecule has 1 aromatic carbocycles. The average molecular weight is 207 g/mol. The molecule has 0 saturated carbocycles. The zero-order valence-electron chi connectivity index (χ0n) is 8.42. The Bertz CT molecular complexity index is 310. The molecule has 1 rings (SSSR count). The fourth-order valence-corrected chi connectivity index (χ4v) is 0.513. The van der Waals surface area contributed by atoms with Crippen LogP contribution in [0.15, 0.2) is 43.0 Å². The summed E-state index contributed by atoms with van der Waals surface area (Å²) in [6.07, 6.45) is -0.0833. The van der Waals surface area contributed by atoms with Gasteiger partial charge in [0.1, 0.15) is 0 Å². The molecule has 0 aliphatic rings. The van der Waals surface area contributed by atoms with Crippen LogP contribution in [0.2, 0.25) is 0 Å². The van der Waals surface area contributed by atoms with E-state index in [9.17, 15) is 0 Å². The molecule has 0 aromatic heterocycles. The molecule has 0 aliphatic heterocycles. The van der Waals surface area contributed by atoms with Gasteiger partial charge in [-0.2, -0.15) is 5.26 Å². The predicted octanol–water partition coefficient (Wildman–Crippen LogP) is 2.97. The molecule has 0 unspecified atom stereocenters. The summed E-state index contributed by atoms with van der Waals surface area (Å²) in [5.74, 6) is 0. The largest absolute Gasteiger partial charge is 0.503 e. The molecule has 0 aliphatic carbocycles. The first kappa shape index (κ1) is 15.2. The van der Waals surface area contributed by atoms with E-state index in [4.69, 9.17) is 20.3 Å². The second-order valence-electron chi connectivity index (χ2n) is 2.17. The van der Waals surface area contributed by atoms with Crippen molar-refractivity contribution in [2.24, 2.45) is 0 Å². The van der Waals surface area contributed by atoms with Crippen molar-refractivity contribution in [3.63, 3.8) is 0 Å². The Morgan fingerprint density at radius 3 is 1.93 bits per heavy atom. The maximum atomic E-state index is 8.56. The second-order valence-corrected chi connectivity index (χ2v) is 2.17. The van der Waals surface area contributed by atoms with E-state index in [1.807, 2.05) is 31.2 Å². The van der Waals surface area contributed by atoms with Gasteiger partial charge in [0.25, 0.3) is 0 Å². The van der Waals surface area contributed by atoms with Crippen LogP contribution < -0.4 is 0 Å². The highest BCUT2D eigenvalue weighted by molar-refractivity contribution is 5.53. The molecular formula is C11H13NO3. The average Bonchev–Trinajstić information content (AvgIpc) is 2.19. The third kappa shape index (κ3) is 18.6. The second kappa shape index (κ2) is 11.7. The van der Waals surface area contributed by atoms with E-state index >= 15 is 0 Å². The van der Waals surface area contributed by atoms with E-state index in [2.05, 4.69) is 6.58 Å². The van der Waals surface area contributed by atoms with Crippen LogP contribution in [0.3, 0.4) is 0 Å². The minimum absolute atomic E-state index is 0.715. The molecule has 0 amide bonds. The molecule has 4 nitrogen and oxygen atoms in total. The van der Waals surface area contributed by atoms with Crippen molar-refractivity contribution in [1.82, 2.24) is 0 Å². The highest BCUT2D eigenvalue weighted by atomic mass is 16.6. The lowest BCUT2D eigenvalue weighted by molar-refractivity contribution is 0.137. The highest BCUT2D eigenvalue weighted by Gasteiger charge is 1.79. The van der Waals surface area contributed by atoms with Crippen LogP contribution in [0.1, 0.15) is 12.5 Å². The van der Waals surface area contributed by atoms with E-state index < -0.39 is 6.16 Å². The van der Waals surface area contributed by atoms with Gasteiger partial charge >= 0.3 is 6.16 Å². The molecule has 0 radical (unpaired) electrons. The molecule has 0 bridgehead atoms. The summed E-state index contributed by atoms with van der Waals surface area (Å²) in [6.45, 7) is 5.25. The summed E-state index contributed by atoms with van der Waals surface area (Å²) in [6, 6.07) is 11.2. The lowest BCUT2D eigenvalue weighted by atomic mass is 10.2. The Kier molecular flexibility index (Phi) is 11.9. The van der Waals surface area contributed by atoms with Gasteiger partial charge in [-0.3, -0.25) is 0 Å². The zero-order valence-corrected chi connectivity index (χ0v) is 8.42. The molecule has 0 fully saturated rings. The molecule has 0 heterocycles. The van der Waals surface area contributed by atoms with Crippen LogP contribution in [-0.2, 0) is 0 Å². The number of rotatable bonds is 0. The van der Waals surface area contributed by atoms with Crippen molar-refractivity contribution >= 4 is 6.16 Å². The summed E-state index contributed by atoms with van der Waals surface area (Å²) in [4.78, 5) is 8.56. The topological polar surface area (TPSA) is 81.3 Å². The van der Waals surface area contributed by atoms with Gasteiger partial charge in [-0.05, 0) is 19.1 Å². The van der Waals surface area contributed by atoms with Crippen LogP contribution in [0.4, 0.5) is 4.79 Å². The zero-order chi connectivity index (χ0) is 12.1. The van der Waals surface area contributed by atoms with Gasteiger partial charge in [-0.1, -0.05) is 24.3 Å². The Hall–Kier alpha value is -2.28. The lowest BCUT2D eigenvalue weighted by Gasteiger charge is -1.80. The first-order chi connectivity index (χ1) is 7.08. The van der Waals surface area contributed by atoms with Gasteiger partial charge in [0.05, 0.1) is 11.6 Å². The van der Waals surface area contributed by atoms with Crippen molar-refractivity contribution < 1.29 is 15.0 Å². The van der Waals surface area contributed by atoms with Crippen LogP contribution in [0, 0.1) is 11.3 Å². The maximum absolute atomic E-state index is 8.56. The minimum Gasteiger partial charge on any atom is -0.450 e. The Labute approximate surface area is 88.7 Å². The molecule has 80 valence electrons. The van der Waals surface area contributed by atoms with Gasteiger partial charge in [-0.15, -0.1) is 6.58 Å². The molecule has 15 heavy (non-hydrogen) atoms. The van der Waals surface area contributed by atoms with Crippen molar-refractivity contribution in [3.8, 4) is 6.07 Å². The third-order valence-electron chi connectivity index (χ3n) is 0.903. The maximum Gasteiger partial charge on any atom is 0.503 e. The number of hydrogen-bond acceptors (Lipinski definition) is 2. The van der Waals surface area contributed by atoms with Crippen molar-refractivity contribution in [1.29, 1.82) is 5.26 Å². The number of carboxylic acid groups (broad SMARTS) is 2. The van der Waals surface area contributed by atoms with Crippen LogP contribution in [0.25, 0.3) is 0 Å². The fraction of sp³-hybridized carbons (Fsp3) is 0.0909. The molecular weight excluding hydrogens is 194 g/mol. The van der Waals surface area contributed by atoms with Crippen LogP contribution in [0.5, 0.6) is 0 Å². The molecule has 4 heteroatoms. The smallest absolute Gasteiger partial charge is 0.450 e. The molecule has 0 atom stereocenters. The minimum atomic E-state index is -1.83. The molecule has 2 N–H and O–H groups in total. The number of nitriles is 1. The van der Waals surface area contributed by atoms with Gasteiger partial charge < -0.3 is 10.2 Å². The van der Waals surface area contributed by atoms with Crippen molar-refractivity contribution in [2.45, 2.75) is 6.92 Å². The van der Waals surface area contributed by atoms with E-state index in [0.29, 0.717) is 5.56 Å². The summed E-state index contributed by atoms with van der Waals surface area (Å²) >= 11 is 0. The number of nitrogens with zero attached hydrogens (tertiary/aromatic N) is 1. The Morgan fingerprint density at radius 2 is 1.73 bits per heavy atom. The Balaban J connectivity index is 0. The number of benzene rings is 1. The number of hydrogen-bond donors (Lipinski definition) is 2. The van der Waals surface area contributed by atoms with Gasteiger partial charge in [0.2, 0.25) is 0 Å². The third-order valence-corrected chi connectivity index (χ3v) is 0.903. The fourth-order valence-electron chi connectivity index (χ4n) is 0.513. The van der Waals surface area contributed by atoms with Gasteiger partial charge in [0, 0.05) is 0 Å². The van der Waals surface area contributed by atoms with Crippen molar-refractivity contribution in [3.05, 3.63) is 48.6 Å². The normalized spacial score (nSPS) is 6.67. The number of carbonyl (C=O) groups is 1.